The minimum Gasteiger partial charge on any atom is -0.393 e. The van der Waals surface area contributed by atoms with Gasteiger partial charge in [0.05, 0.1) is 6.10 Å². The summed E-state index contributed by atoms with van der Waals surface area (Å²) < 4.78 is 0. The zero-order valence-electron chi connectivity index (χ0n) is 22.1. The van der Waals surface area contributed by atoms with Gasteiger partial charge in [0.1, 0.15) is 0 Å². The highest BCUT2D eigenvalue weighted by molar-refractivity contribution is 5.18. The largest absolute Gasteiger partial charge is 0.393 e. The lowest BCUT2D eigenvalue weighted by atomic mass is 9.31. The van der Waals surface area contributed by atoms with Crippen molar-refractivity contribution >= 4 is 0 Å². The Bertz CT molecular complexity index is 737. The van der Waals surface area contributed by atoms with E-state index in [0.29, 0.717) is 33.0 Å². The third kappa shape index (κ3) is 2.83. The fraction of sp³-hybridized carbons (Fsp3) is 1.00. The molecule has 1 N–H and O–H groups in total. The quantitative estimate of drug-likeness (QED) is 0.412. The summed E-state index contributed by atoms with van der Waals surface area (Å²) in [6, 6.07) is 0. The molecule has 5 rings (SSSR count). The first-order valence-corrected chi connectivity index (χ1v) is 13.9. The average molecular weight is 429 g/mol. The molecule has 0 aromatic rings. The number of fused-ring (bicyclic) bond motifs is 7. The highest BCUT2D eigenvalue weighted by Crippen LogP contribution is 2.76. The molecule has 0 unspecified atom stereocenters. The minimum atomic E-state index is -0.110. The summed E-state index contributed by atoms with van der Waals surface area (Å²) in [6.45, 7) is 20.7. The van der Waals surface area contributed by atoms with Crippen molar-refractivity contribution in [3.63, 3.8) is 0 Å². The molecule has 0 aromatic heterocycles. The van der Waals surface area contributed by atoms with Crippen molar-refractivity contribution in [1.82, 2.24) is 0 Å². The molecule has 178 valence electrons. The first kappa shape index (κ1) is 22.7. The Kier molecular flexibility index (Phi) is 4.80. The van der Waals surface area contributed by atoms with Crippen molar-refractivity contribution in [3.05, 3.63) is 0 Å². The van der Waals surface area contributed by atoms with E-state index in [0.717, 1.165) is 24.2 Å². The van der Waals surface area contributed by atoms with Crippen LogP contribution in [-0.4, -0.2) is 11.2 Å². The Hall–Kier alpha value is -0.0400. The van der Waals surface area contributed by atoms with Crippen LogP contribution in [0.25, 0.3) is 0 Å². The van der Waals surface area contributed by atoms with Crippen LogP contribution in [0, 0.1) is 56.2 Å². The standard InChI is InChI=1S/C30H52O/c1-25(2)15-16-27(5)17-18-29(7)20(21(27)19-25)9-10-23-28(6)13-12-24(31)26(3,4)22(28)11-14-30(23,29)8/h20-24,31H,9-19H2,1-8H3/t20-,21-,22-,23+,24-,27+,28-,29+,30+/m0/s1. The predicted molar refractivity (Wildman–Crippen MR) is 131 cm³/mol. The van der Waals surface area contributed by atoms with Crippen LogP contribution in [0.4, 0.5) is 0 Å². The Balaban J connectivity index is 1.52. The lowest BCUT2D eigenvalue weighted by molar-refractivity contribution is -0.253. The molecule has 0 radical (unpaired) electrons. The molecule has 0 heterocycles. The Labute approximate surface area is 193 Å². The number of hydrogen-bond donors (Lipinski definition) is 1. The molecule has 1 nitrogen and oxygen atoms in total. The Morgan fingerprint density at radius 3 is 1.97 bits per heavy atom. The molecule has 0 spiro atoms. The topological polar surface area (TPSA) is 20.2 Å². The zero-order chi connectivity index (χ0) is 22.7. The maximum absolute atomic E-state index is 10.9. The summed E-state index contributed by atoms with van der Waals surface area (Å²) >= 11 is 0. The summed E-state index contributed by atoms with van der Waals surface area (Å²) in [5.74, 6) is 3.38. The van der Waals surface area contributed by atoms with Crippen molar-refractivity contribution in [2.75, 3.05) is 0 Å². The molecule has 5 aliphatic carbocycles. The van der Waals surface area contributed by atoms with E-state index in [4.69, 9.17) is 0 Å². The zero-order valence-corrected chi connectivity index (χ0v) is 22.1. The maximum atomic E-state index is 10.9. The summed E-state index contributed by atoms with van der Waals surface area (Å²) in [5, 5.41) is 10.9. The Morgan fingerprint density at radius 1 is 0.581 bits per heavy atom. The fourth-order valence-corrected chi connectivity index (χ4v) is 11.3. The molecule has 0 aliphatic heterocycles. The smallest absolute Gasteiger partial charge is 0.0594 e. The summed E-state index contributed by atoms with van der Waals surface area (Å²) in [4.78, 5) is 0. The van der Waals surface area contributed by atoms with E-state index in [9.17, 15) is 5.11 Å². The van der Waals surface area contributed by atoms with E-state index < -0.39 is 0 Å². The lowest BCUT2D eigenvalue weighted by Crippen LogP contribution is -2.67. The minimum absolute atomic E-state index is 0.0740. The molecule has 0 aromatic carbocycles. The van der Waals surface area contributed by atoms with Crippen LogP contribution in [0.5, 0.6) is 0 Å². The highest BCUT2D eigenvalue weighted by Gasteiger charge is 2.69. The molecular weight excluding hydrogens is 376 g/mol. The van der Waals surface area contributed by atoms with E-state index in [1.54, 1.807) is 0 Å². The molecule has 31 heavy (non-hydrogen) atoms. The van der Waals surface area contributed by atoms with Gasteiger partial charge in [-0.3, -0.25) is 0 Å². The molecule has 5 fully saturated rings. The summed E-state index contributed by atoms with van der Waals surface area (Å²) in [5.41, 5.74) is 2.60. The van der Waals surface area contributed by atoms with Gasteiger partial charge in [0.2, 0.25) is 0 Å². The van der Waals surface area contributed by atoms with E-state index in [2.05, 4.69) is 55.4 Å². The van der Waals surface area contributed by atoms with Crippen molar-refractivity contribution in [2.24, 2.45) is 56.2 Å². The van der Waals surface area contributed by atoms with E-state index in [1.165, 1.54) is 64.2 Å². The van der Waals surface area contributed by atoms with Gasteiger partial charge in [-0.2, -0.15) is 0 Å². The van der Waals surface area contributed by atoms with Crippen LogP contribution in [0.15, 0.2) is 0 Å². The molecule has 0 bridgehead atoms. The van der Waals surface area contributed by atoms with Crippen LogP contribution >= 0.6 is 0 Å². The Morgan fingerprint density at radius 2 is 1.26 bits per heavy atom. The monoisotopic (exact) mass is 428 g/mol. The molecule has 0 amide bonds. The number of hydrogen-bond acceptors (Lipinski definition) is 1. The van der Waals surface area contributed by atoms with E-state index >= 15 is 0 Å². The molecule has 9 atom stereocenters. The third-order valence-corrected chi connectivity index (χ3v) is 13.7. The predicted octanol–water partition coefficient (Wildman–Crippen LogP) is 8.25. The van der Waals surface area contributed by atoms with Gasteiger partial charge in [0.15, 0.2) is 0 Å². The number of aliphatic hydroxyl groups is 1. The maximum Gasteiger partial charge on any atom is 0.0594 e. The second-order valence-electron chi connectivity index (χ2n) is 15.7. The van der Waals surface area contributed by atoms with Gasteiger partial charge in [-0.15, -0.1) is 0 Å². The van der Waals surface area contributed by atoms with Gasteiger partial charge in [-0.1, -0.05) is 55.4 Å². The van der Waals surface area contributed by atoms with Gasteiger partial charge < -0.3 is 5.11 Å². The summed E-state index contributed by atoms with van der Waals surface area (Å²) in [6.07, 6.45) is 15.1. The van der Waals surface area contributed by atoms with Crippen molar-refractivity contribution in [2.45, 2.75) is 132 Å². The second-order valence-corrected chi connectivity index (χ2v) is 15.7. The first-order chi connectivity index (χ1) is 14.2. The molecule has 5 aliphatic rings. The van der Waals surface area contributed by atoms with Gasteiger partial charge in [-0.25, -0.2) is 0 Å². The van der Waals surface area contributed by atoms with Crippen LogP contribution in [-0.2, 0) is 0 Å². The third-order valence-electron chi connectivity index (χ3n) is 13.7. The van der Waals surface area contributed by atoms with Gasteiger partial charge >= 0.3 is 0 Å². The van der Waals surface area contributed by atoms with Gasteiger partial charge in [0.25, 0.3) is 0 Å². The lowest BCUT2D eigenvalue weighted by Gasteiger charge is -2.73. The fourth-order valence-electron chi connectivity index (χ4n) is 11.3. The van der Waals surface area contributed by atoms with Crippen LogP contribution in [0.2, 0.25) is 0 Å². The summed E-state index contributed by atoms with van der Waals surface area (Å²) in [7, 11) is 0. The van der Waals surface area contributed by atoms with E-state index in [-0.39, 0.29) is 11.5 Å². The number of aliphatic hydroxyl groups excluding tert-OH is 1. The van der Waals surface area contributed by atoms with E-state index in [1.807, 2.05) is 0 Å². The first-order valence-electron chi connectivity index (χ1n) is 13.9. The van der Waals surface area contributed by atoms with Crippen LogP contribution < -0.4 is 0 Å². The van der Waals surface area contributed by atoms with Crippen molar-refractivity contribution < 1.29 is 5.11 Å². The van der Waals surface area contributed by atoms with Crippen molar-refractivity contribution in [3.8, 4) is 0 Å². The molecule has 1 heteroatoms. The van der Waals surface area contributed by atoms with Crippen molar-refractivity contribution in [1.29, 1.82) is 0 Å². The molecule has 5 saturated carbocycles. The highest BCUT2D eigenvalue weighted by atomic mass is 16.3. The van der Waals surface area contributed by atoms with Crippen LogP contribution in [0.3, 0.4) is 0 Å². The second kappa shape index (κ2) is 6.55. The molecular formula is C30H52O. The molecule has 0 saturated heterocycles. The van der Waals surface area contributed by atoms with Gasteiger partial charge in [-0.05, 0) is 127 Å². The van der Waals surface area contributed by atoms with Gasteiger partial charge in [0, 0.05) is 0 Å². The normalized spacial score (nSPS) is 57.8. The average Bonchev–Trinajstić information content (AvgIpc) is 2.67. The van der Waals surface area contributed by atoms with Crippen LogP contribution in [0.1, 0.15) is 126 Å². The number of rotatable bonds is 0. The SMILES string of the molecule is CC1(C)CC[C@]2(C)CC[C@]3(C)[C@@H](CC[C@@H]4[C@@]5(C)CC[C@H](O)C(C)(C)[C@@H]5CC[C@]43C)[C@@H]2C1.